The summed E-state index contributed by atoms with van der Waals surface area (Å²) in [5.74, 6) is -0.594. The van der Waals surface area contributed by atoms with Crippen LogP contribution in [0.2, 0.25) is 0 Å². The number of hydrogen-bond acceptors (Lipinski definition) is 5. The van der Waals surface area contributed by atoms with Gasteiger partial charge in [0, 0.05) is 18.3 Å². The van der Waals surface area contributed by atoms with Crippen LogP contribution < -0.4 is 0 Å². The van der Waals surface area contributed by atoms with E-state index in [9.17, 15) is 10.2 Å². The maximum atomic E-state index is 10.6. The highest BCUT2D eigenvalue weighted by Gasteiger charge is 2.57. The Morgan fingerprint density at radius 2 is 1.78 bits per heavy atom. The van der Waals surface area contributed by atoms with Gasteiger partial charge in [0.15, 0.2) is 5.79 Å². The minimum absolute atomic E-state index is 0.197. The fraction of sp³-hybridized carbons (Fsp3) is 1.00. The van der Waals surface area contributed by atoms with Crippen molar-refractivity contribution in [3.63, 3.8) is 0 Å². The zero-order valence-corrected chi connectivity index (χ0v) is 11.2. The number of aliphatic hydroxyl groups excluding tert-OH is 2. The third-order valence-electron chi connectivity index (χ3n) is 4.30. The lowest BCUT2D eigenvalue weighted by molar-refractivity contribution is -0.273. The molecule has 1 heterocycles. The summed E-state index contributed by atoms with van der Waals surface area (Å²) >= 11 is 0. The van der Waals surface area contributed by atoms with Gasteiger partial charge in [-0.2, -0.15) is 0 Å². The predicted molar refractivity (Wildman–Crippen MR) is 64.9 cm³/mol. The quantitative estimate of drug-likeness (QED) is 0.685. The van der Waals surface area contributed by atoms with E-state index in [2.05, 4.69) is 0 Å². The Labute approximate surface area is 108 Å². The lowest BCUT2D eigenvalue weighted by atomic mass is 9.64. The Bertz CT molecular complexity index is 298. The largest absolute Gasteiger partial charge is 0.394 e. The SMILES string of the molecule is CC1(C)CC(O)(CC(O)CO)CCC12OCCO2. The van der Waals surface area contributed by atoms with E-state index in [1.807, 2.05) is 13.8 Å². The zero-order chi connectivity index (χ0) is 13.4. The van der Waals surface area contributed by atoms with Crippen LogP contribution in [0.3, 0.4) is 0 Å². The summed E-state index contributed by atoms with van der Waals surface area (Å²) in [6.07, 6.45) is 0.965. The zero-order valence-electron chi connectivity index (χ0n) is 11.2. The van der Waals surface area contributed by atoms with Gasteiger partial charge >= 0.3 is 0 Å². The normalized spacial score (nSPS) is 35.8. The molecule has 1 aliphatic carbocycles. The second kappa shape index (κ2) is 4.72. The summed E-state index contributed by atoms with van der Waals surface area (Å²) in [5, 5.41) is 29.0. The maximum absolute atomic E-state index is 10.6. The van der Waals surface area contributed by atoms with Crippen LogP contribution in [0.25, 0.3) is 0 Å². The fourth-order valence-corrected chi connectivity index (χ4v) is 3.45. The van der Waals surface area contributed by atoms with Gasteiger partial charge in [-0.25, -0.2) is 0 Å². The topological polar surface area (TPSA) is 79.2 Å². The van der Waals surface area contributed by atoms with Crippen molar-refractivity contribution in [3.05, 3.63) is 0 Å². The maximum Gasteiger partial charge on any atom is 0.173 e. The van der Waals surface area contributed by atoms with E-state index in [1.165, 1.54) is 0 Å². The molecule has 0 amide bonds. The summed E-state index contributed by atoms with van der Waals surface area (Å²) in [4.78, 5) is 0. The first-order valence-corrected chi connectivity index (χ1v) is 6.62. The molecular formula is C13H24O5. The Hall–Kier alpha value is -0.200. The van der Waals surface area contributed by atoms with E-state index < -0.39 is 17.5 Å². The average molecular weight is 260 g/mol. The van der Waals surface area contributed by atoms with Crippen molar-refractivity contribution in [1.29, 1.82) is 0 Å². The van der Waals surface area contributed by atoms with Crippen LogP contribution >= 0.6 is 0 Å². The molecule has 3 N–H and O–H groups in total. The summed E-state index contributed by atoms with van der Waals surface area (Å²) in [5.41, 5.74) is -1.27. The van der Waals surface area contributed by atoms with Crippen LogP contribution in [0.4, 0.5) is 0 Å². The molecule has 1 saturated heterocycles. The van der Waals surface area contributed by atoms with Crippen molar-refractivity contribution in [3.8, 4) is 0 Å². The van der Waals surface area contributed by atoms with Crippen molar-refractivity contribution in [1.82, 2.24) is 0 Å². The van der Waals surface area contributed by atoms with Gasteiger partial charge in [-0.1, -0.05) is 13.8 Å². The van der Waals surface area contributed by atoms with Crippen LogP contribution in [0.15, 0.2) is 0 Å². The lowest BCUT2D eigenvalue weighted by Crippen LogP contribution is -2.56. The van der Waals surface area contributed by atoms with Crippen LogP contribution in [0.1, 0.15) is 39.5 Å². The molecule has 2 unspecified atom stereocenters. The molecule has 0 radical (unpaired) electrons. The Morgan fingerprint density at radius 3 is 2.28 bits per heavy atom. The molecule has 18 heavy (non-hydrogen) atoms. The van der Waals surface area contributed by atoms with E-state index >= 15 is 0 Å². The number of rotatable bonds is 3. The summed E-state index contributed by atoms with van der Waals surface area (Å²) in [6.45, 7) is 4.92. The molecule has 106 valence electrons. The molecule has 1 saturated carbocycles. The molecule has 2 fully saturated rings. The summed E-state index contributed by atoms with van der Waals surface area (Å²) in [7, 11) is 0. The van der Waals surface area contributed by atoms with Crippen LogP contribution in [0, 0.1) is 5.41 Å². The first kappa shape index (κ1) is 14.2. The van der Waals surface area contributed by atoms with E-state index in [-0.39, 0.29) is 18.4 Å². The van der Waals surface area contributed by atoms with Gasteiger partial charge in [-0.05, 0) is 12.8 Å². The monoisotopic (exact) mass is 260 g/mol. The van der Waals surface area contributed by atoms with Crippen molar-refractivity contribution >= 4 is 0 Å². The van der Waals surface area contributed by atoms with Gasteiger partial charge in [0.05, 0.1) is 31.5 Å². The van der Waals surface area contributed by atoms with Crippen LogP contribution in [-0.2, 0) is 9.47 Å². The van der Waals surface area contributed by atoms with E-state index in [4.69, 9.17) is 14.6 Å². The van der Waals surface area contributed by atoms with Gasteiger partial charge in [0.25, 0.3) is 0 Å². The molecule has 0 bridgehead atoms. The van der Waals surface area contributed by atoms with Crippen molar-refractivity contribution in [2.45, 2.75) is 57.0 Å². The first-order chi connectivity index (χ1) is 8.33. The molecule has 1 aliphatic heterocycles. The summed E-state index contributed by atoms with van der Waals surface area (Å²) in [6, 6.07) is 0. The summed E-state index contributed by atoms with van der Waals surface area (Å²) < 4.78 is 11.6. The third-order valence-corrected chi connectivity index (χ3v) is 4.30. The van der Waals surface area contributed by atoms with Crippen LogP contribution in [0.5, 0.6) is 0 Å². The van der Waals surface area contributed by atoms with Gasteiger partial charge in [0.2, 0.25) is 0 Å². The fourth-order valence-electron chi connectivity index (χ4n) is 3.45. The van der Waals surface area contributed by atoms with E-state index in [1.54, 1.807) is 0 Å². The van der Waals surface area contributed by atoms with Crippen molar-refractivity contribution in [2.24, 2.45) is 5.41 Å². The van der Waals surface area contributed by atoms with Gasteiger partial charge in [0.1, 0.15) is 0 Å². The van der Waals surface area contributed by atoms with Crippen molar-refractivity contribution < 1.29 is 24.8 Å². The number of aliphatic hydroxyl groups is 3. The Kier molecular flexibility index (Phi) is 3.73. The first-order valence-electron chi connectivity index (χ1n) is 6.62. The Morgan fingerprint density at radius 1 is 1.17 bits per heavy atom. The highest BCUT2D eigenvalue weighted by Crippen LogP contribution is 2.53. The molecule has 2 aliphatic rings. The highest BCUT2D eigenvalue weighted by molar-refractivity contribution is 5.02. The molecular weight excluding hydrogens is 236 g/mol. The molecule has 5 heteroatoms. The molecule has 0 aromatic rings. The Balaban J connectivity index is 2.09. The standard InChI is InChI=1S/C13H24O5/c1-11(2)9-12(16,7-10(15)8-14)3-4-13(11)17-5-6-18-13/h10,14-16H,3-9H2,1-2H3. The van der Waals surface area contributed by atoms with Gasteiger partial charge < -0.3 is 24.8 Å². The highest BCUT2D eigenvalue weighted by atomic mass is 16.7. The lowest BCUT2D eigenvalue weighted by Gasteiger charge is -2.51. The second-order valence-electron chi connectivity index (χ2n) is 6.28. The van der Waals surface area contributed by atoms with Crippen molar-refractivity contribution in [2.75, 3.05) is 19.8 Å². The minimum Gasteiger partial charge on any atom is -0.394 e. The predicted octanol–water partition coefficient (Wildman–Crippen LogP) is 0.414. The van der Waals surface area contributed by atoms with Crippen LogP contribution in [-0.4, -0.2) is 52.6 Å². The van der Waals surface area contributed by atoms with E-state index in [0.29, 0.717) is 32.5 Å². The molecule has 2 rings (SSSR count). The van der Waals surface area contributed by atoms with Gasteiger partial charge in [-0.3, -0.25) is 0 Å². The second-order valence-corrected chi connectivity index (χ2v) is 6.28. The van der Waals surface area contributed by atoms with E-state index in [0.717, 1.165) is 0 Å². The third kappa shape index (κ3) is 2.42. The minimum atomic E-state index is -0.952. The van der Waals surface area contributed by atoms with Gasteiger partial charge in [-0.15, -0.1) is 0 Å². The molecule has 1 spiro atoms. The average Bonchev–Trinajstić information content (AvgIpc) is 2.74. The number of ether oxygens (including phenoxy) is 2. The smallest absolute Gasteiger partial charge is 0.173 e. The molecule has 0 aromatic carbocycles. The molecule has 0 aromatic heterocycles. The molecule has 5 nitrogen and oxygen atoms in total. The number of hydrogen-bond donors (Lipinski definition) is 3. The molecule has 2 atom stereocenters.